The molecule has 0 spiro atoms. The van der Waals surface area contributed by atoms with Crippen LogP contribution >= 0.6 is 11.3 Å². The maximum atomic E-state index is 13.0. The molecule has 0 N–H and O–H groups in total. The van der Waals surface area contributed by atoms with Crippen LogP contribution in [0.3, 0.4) is 0 Å². The van der Waals surface area contributed by atoms with E-state index in [1.807, 2.05) is 23.1 Å². The van der Waals surface area contributed by atoms with Crippen LogP contribution in [0.1, 0.15) is 17.7 Å². The van der Waals surface area contributed by atoms with Gasteiger partial charge in [0, 0.05) is 35.0 Å². The maximum absolute atomic E-state index is 13.0. The van der Waals surface area contributed by atoms with Gasteiger partial charge in [-0.1, -0.05) is 12.1 Å². The monoisotopic (exact) mass is 358 g/mol. The standard InChI is InChI=1S/C20H23FN2OS/c1-22(2)17-4-3-13-23(14-17)20(24)12-10-18-9-11-19(25-18)15-5-7-16(21)8-6-15/h5-12,17H,3-4,13-14H2,1-2H3/b12-10+. The number of carbonyl (C=O) groups is 1. The molecule has 1 aromatic heterocycles. The topological polar surface area (TPSA) is 23.6 Å². The van der Waals surface area contributed by atoms with Crippen molar-refractivity contribution in [3.8, 4) is 10.4 Å². The van der Waals surface area contributed by atoms with Crippen LogP contribution in [0.15, 0.2) is 42.5 Å². The Labute approximate surface area is 152 Å². The molecule has 0 bridgehead atoms. The van der Waals surface area contributed by atoms with Crippen molar-refractivity contribution in [3.63, 3.8) is 0 Å². The molecule has 1 atom stereocenters. The molecule has 2 aromatic rings. The molecule has 1 aliphatic heterocycles. The van der Waals surface area contributed by atoms with Gasteiger partial charge in [0.05, 0.1) is 0 Å². The molecular weight excluding hydrogens is 335 g/mol. The summed E-state index contributed by atoms with van der Waals surface area (Å²) >= 11 is 1.60. The van der Waals surface area contributed by atoms with Crippen molar-refractivity contribution >= 4 is 23.3 Å². The summed E-state index contributed by atoms with van der Waals surface area (Å²) in [6, 6.07) is 10.9. The lowest BCUT2D eigenvalue weighted by atomic mass is 10.0. The molecule has 3 nitrogen and oxygen atoms in total. The molecule has 3 rings (SSSR count). The van der Waals surface area contributed by atoms with Gasteiger partial charge in [-0.05, 0) is 62.8 Å². The Morgan fingerprint density at radius 1 is 1.24 bits per heavy atom. The van der Waals surface area contributed by atoms with Crippen molar-refractivity contribution in [2.24, 2.45) is 0 Å². The Morgan fingerprint density at radius 3 is 2.72 bits per heavy atom. The predicted molar refractivity (Wildman–Crippen MR) is 102 cm³/mol. The minimum atomic E-state index is -0.233. The molecule has 0 aliphatic carbocycles. The minimum absolute atomic E-state index is 0.0725. The molecule has 0 radical (unpaired) electrons. The first kappa shape index (κ1) is 17.8. The molecule has 1 fully saturated rings. The van der Waals surface area contributed by atoms with Gasteiger partial charge in [0.1, 0.15) is 5.82 Å². The van der Waals surface area contributed by atoms with E-state index in [4.69, 9.17) is 0 Å². The fraction of sp³-hybridized carbons (Fsp3) is 0.350. The van der Waals surface area contributed by atoms with Gasteiger partial charge >= 0.3 is 0 Å². The predicted octanol–water partition coefficient (Wildman–Crippen LogP) is 4.12. The summed E-state index contributed by atoms with van der Waals surface area (Å²) in [5.74, 6) is -0.160. The average molecular weight is 358 g/mol. The molecule has 2 heterocycles. The summed E-state index contributed by atoms with van der Waals surface area (Å²) in [7, 11) is 4.13. The van der Waals surface area contributed by atoms with Gasteiger partial charge < -0.3 is 9.80 Å². The number of amides is 1. The molecule has 0 saturated carbocycles. The van der Waals surface area contributed by atoms with Crippen molar-refractivity contribution < 1.29 is 9.18 Å². The van der Waals surface area contributed by atoms with Crippen LogP contribution in [0.2, 0.25) is 0 Å². The fourth-order valence-electron chi connectivity index (χ4n) is 3.05. The van der Waals surface area contributed by atoms with Gasteiger partial charge in [0.15, 0.2) is 0 Å². The van der Waals surface area contributed by atoms with Crippen LogP contribution in [0, 0.1) is 5.82 Å². The highest BCUT2D eigenvalue weighted by atomic mass is 32.1. The highest BCUT2D eigenvalue weighted by Gasteiger charge is 2.23. The molecular formula is C20H23FN2OS. The van der Waals surface area contributed by atoms with E-state index >= 15 is 0 Å². The van der Waals surface area contributed by atoms with Crippen LogP contribution in [-0.2, 0) is 4.79 Å². The Kier molecular flexibility index (Phi) is 5.66. The van der Waals surface area contributed by atoms with Crippen molar-refractivity contribution in [1.29, 1.82) is 0 Å². The van der Waals surface area contributed by atoms with E-state index in [1.54, 1.807) is 29.5 Å². The summed E-state index contributed by atoms with van der Waals surface area (Å²) < 4.78 is 13.0. The maximum Gasteiger partial charge on any atom is 0.246 e. The minimum Gasteiger partial charge on any atom is -0.338 e. The summed E-state index contributed by atoms with van der Waals surface area (Å²) in [5.41, 5.74) is 0.988. The lowest BCUT2D eigenvalue weighted by Gasteiger charge is -2.35. The molecule has 1 unspecified atom stereocenters. The smallest absolute Gasteiger partial charge is 0.246 e. The number of hydrogen-bond donors (Lipinski definition) is 0. The van der Waals surface area contributed by atoms with Crippen molar-refractivity contribution in [2.75, 3.05) is 27.2 Å². The summed E-state index contributed by atoms with van der Waals surface area (Å²) in [5, 5.41) is 0. The van der Waals surface area contributed by atoms with Gasteiger partial charge in [-0.15, -0.1) is 11.3 Å². The molecule has 1 amide bonds. The van der Waals surface area contributed by atoms with Crippen LogP contribution in [0.5, 0.6) is 0 Å². The van der Waals surface area contributed by atoms with Gasteiger partial charge in [0.2, 0.25) is 5.91 Å². The number of carbonyl (C=O) groups excluding carboxylic acids is 1. The van der Waals surface area contributed by atoms with Gasteiger partial charge in [0.25, 0.3) is 0 Å². The van der Waals surface area contributed by atoms with Crippen LogP contribution in [-0.4, -0.2) is 48.9 Å². The van der Waals surface area contributed by atoms with E-state index in [2.05, 4.69) is 19.0 Å². The van der Waals surface area contributed by atoms with Crippen molar-refractivity contribution in [2.45, 2.75) is 18.9 Å². The van der Waals surface area contributed by atoms with Crippen molar-refractivity contribution in [1.82, 2.24) is 9.80 Å². The Hall–Kier alpha value is -1.98. The quantitative estimate of drug-likeness (QED) is 0.768. The number of benzene rings is 1. The number of halogens is 1. The second-order valence-corrected chi connectivity index (χ2v) is 7.70. The van der Waals surface area contributed by atoms with E-state index in [9.17, 15) is 9.18 Å². The third kappa shape index (κ3) is 4.55. The van der Waals surface area contributed by atoms with Gasteiger partial charge in [-0.25, -0.2) is 4.39 Å². The molecule has 1 aromatic carbocycles. The normalized spacial score (nSPS) is 18.2. The second-order valence-electron chi connectivity index (χ2n) is 6.59. The lowest BCUT2D eigenvalue weighted by Crippen LogP contribution is -2.47. The zero-order chi connectivity index (χ0) is 17.8. The van der Waals surface area contributed by atoms with Crippen molar-refractivity contribution in [3.05, 3.63) is 53.2 Å². The molecule has 132 valence electrons. The van der Waals surface area contributed by atoms with E-state index in [-0.39, 0.29) is 11.7 Å². The third-order valence-electron chi connectivity index (χ3n) is 4.58. The number of likely N-dealkylation sites (tertiary alicyclic amines) is 1. The van der Waals surface area contributed by atoms with E-state index in [1.165, 1.54) is 12.1 Å². The van der Waals surface area contributed by atoms with E-state index in [0.29, 0.717) is 6.04 Å². The molecule has 5 heteroatoms. The van der Waals surface area contributed by atoms with Crippen LogP contribution in [0.25, 0.3) is 16.5 Å². The fourth-order valence-corrected chi connectivity index (χ4v) is 3.96. The van der Waals surface area contributed by atoms with E-state index in [0.717, 1.165) is 41.2 Å². The first-order valence-electron chi connectivity index (χ1n) is 8.52. The number of rotatable bonds is 4. The first-order chi connectivity index (χ1) is 12.0. The van der Waals surface area contributed by atoms with Crippen LogP contribution in [0.4, 0.5) is 4.39 Å². The average Bonchev–Trinajstić information content (AvgIpc) is 3.09. The summed E-state index contributed by atoms with van der Waals surface area (Å²) in [4.78, 5) is 18.6. The molecule has 25 heavy (non-hydrogen) atoms. The zero-order valence-corrected chi connectivity index (χ0v) is 15.4. The SMILES string of the molecule is CN(C)C1CCCN(C(=O)/C=C/c2ccc(-c3ccc(F)cc3)s2)C1. The number of thiophene rings is 1. The van der Waals surface area contributed by atoms with Gasteiger partial charge in [-0.3, -0.25) is 4.79 Å². The number of hydrogen-bond acceptors (Lipinski definition) is 3. The Bertz CT molecular complexity index is 751. The number of piperidine rings is 1. The third-order valence-corrected chi connectivity index (χ3v) is 5.68. The molecule has 1 saturated heterocycles. The second kappa shape index (κ2) is 7.93. The highest BCUT2D eigenvalue weighted by Crippen LogP contribution is 2.29. The number of nitrogens with zero attached hydrogens (tertiary/aromatic N) is 2. The summed E-state index contributed by atoms with van der Waals surface area (Å²) in [6.45, 7) is 1.63. The first-order valence-corrected chi connectivity index (χ1v) is 9.34. The zero-order valence-electron chi connectivity index (χ0n) is 14.6. The Balaban J connectivity index is 1.64. The Morgan fingerprint density at radius 2 is 2.00 bits per heavy atom. The summed E-state index contributed by atoms with van der Waals surface area (Å²) in [6.07, 6.45) is 5.74. The van der Waals surface area contributed by atoms with Crippen LogP contribution < -0.4 is 0 Å². The molecule has 1 aliphatic rings. The van der Waals surface area contributed by atoms with Gasteiger partial charge in [-0.2, -0.15) is 0 Å². The number of likely N-dealkylation sites (N-methyl/N-ethyl adjacent to an activating group) is 1. The van der Waals surface area contributed by atoms with E-state index < -0.39 is 0 Å². The highest BCUT2D eigenvalue weighted by molar-refractivity contribution is 7.16. The lowest BCUT2D eigenvalue weighted by molar-refractivity contribution is -0.127. The largest absolute Gasteiger partial charge is 0.338 e.